The fourth-order valence-corrected chi connectivity index (χ4v) is 3.00. The molecule has 21 heavy (non-hydrogen) atoms. The Morgan fingerprint density at radius 2 is 2.10 bits per heavy atom. The van der Waals surface area contributed by atoms with E-state index in [0.29, 0.717) is 6.04 Å². The molecule has 0 aliphatic carbocycles. The molecule has 0 N–H and O–H groups in total. The smallest absolute Gasteiger partial charge is 0.128 e. The SMILES string of the molecule is CCc1nccc(CN2CCCCC2c2ccccn2)n1. The maximum atomic E-state index is 4.64. The molecule has 3 heterocycles. The average molecular weight is 282 g/mol. The first kappa shape index (κ1) is 14.1. The Hall–Kier alpha value is -1.81. The summed E-state index contributed by atoms with van der Waals surface area (Å²) in [5.74, 6) is 0.930. The summed E-state index contributed by atoms with van der Waals surface area (Å²) in [5.41, 5.74) is 2.30. The number of hydrogen-bond acceptors (Lipinski definition) is 4. The molecule has 0 aromatic carbocycles. The van der Waals surface area contributed by atoms with Crippen molar-refractivity contribution in [3.05, 3.63) is 53.9 Å². The van der Waals surface area contributed by atoms with Crippen LogP contribution in [0.15, 0.2) is 36.7 Å². The summed E-state index contributed by atoms with van der Waals surface area (Å²) in [5, 5.41) is 0. The van der Waals surface area contributed by atoms with Crippen molar-refractivity contribution >= 4 is 0 Å². The third kappa shape index (κ3) is 3.45. The van der Waals surface area contributed by atoms with E-state index in [1.807, 2.05) is 24.5 Å². The van der Waals surface area contributed by atoms with Crippen LogP contribution in [0, 0.1) is 0 Å². The van der Waals surface area contributed by atoms with Gasteiger partial charge in [0, 0.05) is 25.4 Å². The van der Waals surface area contributed by atoms with E-state index in [0.717, 1.165) is 31.0 Å². The van der Waals surface area contributed by atoms with Crippen LogP contribution < -0.4 is 0 Å². The molecule has 0 bridgehead atoms. The Morgan fingerprint density at radius 3 is 2.90 bits per heavy atom. The van der Waals surface area contributed by atoms with E-state index in [4.69, 9.17) is 0 Å². The second kappa shape index (κ2) is 6.76. The monoisotopic (exact) mass is 282 g/mol. The number of likely N-dealkylation sites (tertiary alicyclic amines) is 1. The van der Waals surface area contributed by atoms with Gasteiger partial charge >= 0.3 is 0 Å². The molecule has 2 aromatic rings. The van der Waals surface area contributed by atoms with Crippen LogP contribution >= 0.6 is 0 Å². The van der Waals surface area contributed by atoms with Crippen LogP contribution in [0.1, 0.15) is 49.4 Å². The van der Waals surface area contributed by atoms with Crippen LogP contribution in [0.4, 0.5) is 0 Å². The summed E-state index contributed by atoms with van der Waals surface area (Å²) in [4.78, 5) is 16.0. The van der Waals surface area contributed by atoms with E-state index >= 15 is 0 Å². The predicted molar refractivity (Wildman–Crippen MR) is 82.6 cm³/mol. The van der Waals surface area contributed by atoms with Crippen molar-refractivity contribution in [2.24, 2.45) is 0 Å². The minimum absolute atomic E-state index is 0.417. The van der Waals surface area contributed by atoms with Crippen LogP contribution in [0.25, 0.3) is 0 Å². The van der Waals surface area contributed by atoms with Gasteiger partial charge in [-0.05, 0) is 37.6 Å². The summed E-state index contributed by atoms with van der Waals surface area (Å²) >= 11 is 0. The van der Waals surface area contributed by atoms with Gasteiger partial charge in [-0.15, -0.1) is 0 Å². The third-order valence-corrected chi connectivity index (χ3v) is 4.09. The highest BCUT2D eigenvalue weighted by Crippen LogP contribution is 2.30. The van der Waals surface area contributed by atoms with Gasteiger partial charge in [0.15, 0.2) is 0 Å². The largest absolute Gasteiger partial charge is 0.289 e. The van der Waals surface area contributed by atoms with Gasteiger partial charge in [0.25, 0.3) is 0 Å². The molecule has 0 radical (unpaired) electrons. The highest BCUT2D eigenvalue weighted by atomic mass is 15.2. The highest BCUT2D eigenvalue weighted by Gasteiger charge is 2.25. The quantitative estimate of drug-likeness (QED) is 0.864. The molecule has 0 spiro atoms. The van der Waals surface area contributed by atoms with Gasteiger partial charge in [0.1, 0.15) is 5.82 Å². The fraction of sp³-hybridized carbons (Fsp3) is 0.471. The number of nitrogens with zero attached hydrogens (tertiary/aromatic N) is 4. The van der Waals surface area contributed by atoms with Gasteiger partial charge in [-0.3, -0.25) is 9.88 Å². The second-order valence-corrected chi connectivity index (χ2v) is 5.55. The average Bonchev–Trinajstić information content (AvgIpc) is 2.56. The van der Waals surface area contributed by atoms with Crippen molar-refractivity contribution in [1.82, 2.24) is 19.9 Å². The third-order valence-electron chi connectivity index (χ3n) is 4.09. The van der Waals surface area contributed by atoms with Crippen molar-refractivity contribution in [2.45, 2.75) is 45.2 Å². The molecule has 1 aliphatic rings. The maximum Gasteiger partial charge on any atom is 0.128 e. The topological polar surface area (TPSA) is 41.9 Å². The standard InChI is InChI=1S/C17H22N4/c1-2-17-19-11-9-14(20-17)13-21-12-6-4-8-16(21)15-7-3-5-10-18-15/h3,5,7,9-11,16H,2,4,6,8,12-13H2,1H3. The zero-order chi connectivity index (χ0) is 14.5. The molecular weight excluding hydrogens is 260 g/mol. The summed E-state index contributed by atoms with van der Waals surface area (Å²) < 4.78 is 0. The summed E-state index contributed by atoms with van der Waals surface area (Å²) in [7, 11) is 0. The first-order valence-electron chi connectivity index (χ1n) is 7.82. The maximum absolute atomic E-state index is 4.64. The molecule has 0 amide bonds. The molecule has 4 heteroatoms. The number of aromatic nitrogens is 3. The molecule has 1 saturated heterocycles. The van der Waals surface area contributed by atoms with E-state index in [9.17, 15) is 0 Å². The van der Waals surface area contributed by atoms with Gasteiger partial charge in [0.2, 0.25) is 0 Å². The van der Waals surface area contributed by atoms with Crippen molar-refractivity contribution in [3.63, 3.8) is 0 Å². The Bertz CT molecular complexity index is 570. The van der Waals surface area contributed by atoms with Crippen LogP contribution in [-0.2, 0) is 13.0 Å². The highest BCUT2D eigenvalue weighted by molar-refractivity contribution is 5.11. The predicted octanol–water partition coefficient (Wildman–Crippen LogP) is 3.16. The van der Waals surface area contributed by atoms with Gasteiger partial charge < -0.3 is 0 Å². The van der Waals surface area contributed by atoms with E-state index in [-0.39, 0.29) is 0 Å². The lowest BCUT2D eigenvalue weighted by Gasteiger charge is -2.35. The Kier molecular flexibility index (Phi) is 4.55. The van der Waals surface area contributed by atoms with Gasteiger partial charge in [-0.2, -0.15) is 0 Å². The number of pyridine rings is 1. The zero-order valence-electron chi connectivity index (χ0n) is 12.6. The molecule has 0 saturated carbocycles. The molecule has 1 fully saturated rings. The van der Waals surface area contributed by atoms with Crippen molar-refractivity contribution in [1.29, 1.82) is 0 Å². The number of rotatable bonds is 4. The summed E-state index contributed by atoms with van der Waals surface area (Å²) in [6.07, 6.45) is 8.37. The lowest BCUT2D eigenvalue weighted by molar-refractivity contribution is 0.135. The number of aryl methyl sites for hydroxylation is 1. The molecule has 1 unspecified atom stereocenters. The van der Waals surface area contributed by atoms with Crippen LogP contribution in [0.3, 0.4) is 0 Å². The minimum Gasteiger partial charge on any atom is -0.289 e. The van der Waals surface area contributed by atoms with Crippen LogP contribution in [0.5, 0.6) is 0 Å². The Morgan fingerprint density at radius 1 is 1.14 bits per heavy atom. The first-order chi connectivity index (χ1) is 10.4. The van der Waals surface area contributed by atoms with E-state index in [1.54, 1.807) is 0 Å². The number of piperidine rings is 1. The molecule has 3 rings (SSSR count). The van der Waals surface area contributed by atoms with Gasteiger partial charge in [-0.1, -0.05) is 19.4 Å². The minimum atomic E-state index is 0.417. The van der Waals surface area contributed by atoms with E-state index in [2.05, 4.69) is 38.9 Å². The molecule has 2 aromatic heterocycles. The van der Waals surface area contributed by atoms with E-state index in [1.165, 1.54) is 25.0 Å². The first-order valence-corrected chi connectivity index (χ1v) is 7.82. The molecular formula is C17H22N4. The zero-order valence-corrected chi connectivity index (χ0v) is 12.6. The lowest BCUT2D eigenvalue weighted by atomic mass is 9.98. The Balaban J connectivity index is 1.78. The van der Waals surface area contributed by atoms with Crippen molar-refractivity contribution in [2.75, 3.05) is 6.54 Å². The molecule has 1 atom stereocenters. The molecule has 110 valence electrons. The van der Waals surface area contributed by atoms with E-state index < -0.39 is 0 Å². The molecule has 4 nitrogen and oxygen atoms in total. The van der Waals surface area contributed by atoms with Gasteiger partial charge in [-0.25, -0.2) is 9.97 Å². The lowest BCUT2D eigenvalue weighted by Crippen LogP contribution is -2.33. The van der Waals surface area contributed by atoms with Gasteiger partial charge in [0.05, 0.1) is 17.4 Å². The Labute approximate surface area is 126 Å². The summed E-state index contributed by atoms with van der Waals surface area (Å²) in [6.45, 7) is 4.10. The van der Waals surface area contributed by atoms with Crippen molar-refractivity contribution in [3.8, 4) is 0 Å². The second-order valence-electron chi connectivity index (χ2n) is 5.55. The van der Waals surface area contributed by atoms with Crippen molar-refractivity contribution < 1.29 is 0 Å². The number of hydrogen-bond donors (Lipinski definition) is 0. The fourth-order valence-electron chi connectivity index (χ4n) is 3.00. The van der Waals surface area contributed by atoms with Crippen LogP contribution in [-0.4, -0.2) is 26.4 Å². The summed E-state index contributed by atoms with van der Waals surface area (Å²) in [6, 6.07) is 8.65. The molecule has 1 aliphatic heterocycles. The normalized spacial score (nSPS) is 19.6. The van der Waals surface area contributed by atoms with Crippen LogP contribution in [0.2, 0.25) is 0 Å².